The molecule has 2 aromatic carbocycles. The van der Waals surface area contributed by atoms with Gasteiger partial charge in [0.05, 0.1) is 11.1 Å². The van der Waals surface area contributed by atoms with Crippen molar-refractivity contribution < 1.29 is 51.2 Å². The first kappa shape index (κ1) is 21.0. The molecule has 2 aromatic rings. The SMILES string of the molecule is Fc1c(F)c(F)c(-c2c(F)c(F)c(F)c(F)c2F)c(F)c1F.[O]=[Al][F]. The summed E-state index contributed by atoms with van der Waals surface area (Å²) >= 11 is -2.00. The first-order valence-corrected chi connectivity index (χ1v) is 6.50. The standard InChI is InChI=1S/C12F10.Al.FH.O/c13-3-1(4(14)8(18)11(21)7(3)17)2-5(15)9(19)12(22)10(20)6(2)16;;;/h;;1H;/q;+1;;/p-1. The summed E-state index contributed by atoms with van der Waals surface area (Å²) in [6.45, 7) is 0. The third kappa shape index (κ3) is 3.52. The average molecular weight is 396 g/mol. The van der Waals surface area contributed by atoms with E-state index in [0.29, 0.717) is 0 Å². The minimum absolute atomic E-state index is 2.00. The van der Waals surface area contributed by atoms with E-state index in [4.69, 9.17) is 3.80 Å². The molecule has 0 unspecified atom stereocenters. The van der Waals surface area contributed by atoms with Crippen LogP contribution in [0, 0.1) is 58.2 Å². The second-order valence-electron chi connectivity index (χ2n) is 3.98. The predicted octanol–water partition coefficient (Wildman–Crippen LogP) is 4.67. The quantitative estimate of drug-likeness (QED) is 0.297. The molecule has 1 nitrogen and oxygen atoms in total. The number of benzene rings is 2. The minimum atomic E-state index is -2.68. The maximum absolute atomic E-state index is 13.4. The number of halogens is 11. The summed E-state index contributed by atoms with van der Waals surface area (Å²) in [4.78, 5) is 0. The molecule has 0 aliphatic heterocycles. The zero-order chi connectivity index (χ0) is 19.6. The van der Waals surface area contributed by atoms with Crippen LogP contribution >= 0.6 is 0 Å². The van der Waals surface area contributed by atoms with Crippen molar-refractivity contribution in [3.8, 4) is 11.1 Å². The molecule has 13 heteroatoms. The molecule has 134 valence electrons. The first-order valence-electron chi connectivity index (χ1n) is 5.59. The molecule has 0 fully saturated rings. The number of rotatable bonds is 1. The monoisotopic (exact) mass is 396 g/mol. The molecule has 0 saturated carbocycles. The summed E-state index contributed by atoms with van der Waals surface area (Å²) in [5.74, 6) is -26.6. The fraction of sp³-hybridized carbons (Fsp3) is 0. The van der Waals surface area contributed by atoms with E-state index in [9.17, 15) is 47.4 Å². The summed E-state index contributed by atoms with van der Waals surface area (Å²) < 4.78 is 149. The topological polar surface area (TPSA) is 17.1 Å². The van der Waals surface area contributed by atoms with Gasteiger partial charge in [-0.05, 0) is 0 Å². The molecule has 0 atom stereocenters. The van der Waals surface area contributed by atoms with Crippen molar-refractivity contribution in [2.75, 3.05) is 0 Å². The fourth-order valence-electron chi connectivity index (χ4n) is 1.65. The maximum atomic E-state index is 13.4. The van der Waals surface area contributed by atoms with Crippen molar-refractivity contribution >= 4 is 15.6 Å². The molecule has 0 saturated heterocycles. The molecular formula is C12AlF11O. The Bertz CT molecular complexity index is 726. The molecule has 0 bridgehead atoms. The Kier molecular flexibility index (Phi) is 6.67. The Balaban J connectivity index is 0.000000970. The molecule has 0 heterocycles. The zero-order valence-corrected chi connectivity index (χ0v) is 12.3. The first-order chi connectivity index (χ1) is 11.5. The van der Waals surface area contributed by atoms with Gasteiger partial charge in [-0.3, -0.25) is 0 Å². The van der Waals surface area contributed by atoms with Crippen molar-refractivity contribution in [2.24, 2.45) is 0 Å². The van der Waals surface area contributed by atoms with Gasteiger partial charge in [0.2, 0.25) is 11.6 Å². The molecule has 0 N–H and O–H groups in total. The third-order valence-electron chi connectivity index (χ3n) is 2.67. The van der Waals surface area contributed by atoms with Crippen LogP contribution in [0.5, 0.6) is 0 Å². The van der Waals surface area contributed by atoms with Crippen LogP contribution in [0.4, 0.5) is 47.4 Å². The van der Waals surface area contributed by atoms with Crippen LogP contribution in [0.3, 0.4) is 0 Å². The Hall–Kier alpha value is -2.00. The molecule has 0 aromatic heterocycles. The number of hydrogen-bond donors (Lipinski definition) is 0. The molecular weight excluding hydrogens is 396 g/mol. The van der Waals surface area contributed by atoms with Crippen LogP contribution in [-0.2, 0) is 3.80 Å². The summed E-state index contributed by atoms with van der Waals surface area (Å²) in [6, 6.07) is 0. The Morgan fingerprint density at radius 1 is 0.400 bits per heavy atom. The van der Waals surface area contributed by atoms with Crippen molar-refractivity contribution in [3.63, 3.8) is 0 Å². The Morgan fingerprint density at radius 2 is 0.520 bits per heavy atom. The zero-order valence-electron chi connectivity index (χ0n) is 11.1. The van der Waals surface area contributed by atoms with Gasteiger partial charge in [0.1, 0.15) is 0 Å². The Labute approximate surface area is 137 Å². The molecule has 0 aliphatic carbocycles. The van der Waals surface area contributed by atoms with Gasteiger partial charge in [0.25, 0.3) is 0 Å². The summed E-state index contributed by atoms with van der Waals surface area (Å²) in [7, 11) is 0. The van der Waals surface area contributed by atoms with E-state index in [2.05, 4.69) is 0 Å². The van der Waals surface area contributed by atoms with Crippen molar-refractivity contribution in [3.05, 3.63) is 58.2 Å². The van der Waals surface area contributed by atoms with Crippen LogP contribution < -0.4 is 0 Å². The summed E-state index contributed by atoms with van der Waals surface area (Å²) in [6.07, 6.45) is 0. The third-order valence-corrected chi connectivity index (χ3v) is 2.67. The van der Waals surface area contributed by atoms with E-state index in [1.165, 1.54) is 0 Å². The van der Waals surface area contributed by atoms with Gasteiger partial charge in [-0.15, -0.1) is 0 Å². The predicted molar refractivity (Wildman–Crippen MR) is 59.0 cm³/mol. The van der Waals surface area contributed by atoms with Gasteiger partial charge >= 0.3 is 22.9 Å². The normalized spacial score (nSPS) is 10.2. The van der Waals surface area contributed by atoms with Gasteiger partial charge in [0.15, 0.2) is 46.5 Å². The second kappa shape index (κ2) is 7.92. The van der Waals surface area contributed by atoms with Crippen LogP contribution in [0.15, 0.2) is 0 Å². The Morgan fingerprint density at radius 3 is 0.680 bits per heavy atom. The van der Waals surface area contributed by atoms with Crippen LogP contribution in [0.2, 0.25) is 0 Å². The van der Waals surface area contributed by atoms with Crippen LogP contribution in [0.1, 0.15) is 0 Å². The molecule has 0 spiro atoms. The van der Waals surface area contributed by atoms with Crippen molar-refractivity contribution in [2.45, 2.75) is 0 Å². The van der Waals surface area contributed by atoms with E-state index in [0.717, 1.165) is 0 Å². The fourth-order valence-corrected chi connectivity index (χ4v) is 1.65. The van der Waals surface area contributed by atoms with E-state index >= 15 is 0 Å². The van der Waals surface area contributed by atoms with Gasteiger partial charge in [-0.2, -0.15) is 0 Å². The van der Waals surface area contributed by atoms with Crippen molar-refractivity contribution in [1.82, 2.24) is 0 Å². The van der Waals surface area contributed by atoms with Gasteiger partial charge < -0.3 is 0 Å². The van der Waals surface area contributed by atoms with E-state index in [1.807, 2.05) is 0 Å². The van der Waals surface area contributed by atoms with Gasteiger partial charge in [-0.1, -0.05) is 0 Å². The average Bonchev–Trinajstić information content (AvgIpc) is 2.58. The molecule has 0 aliphatic rings. The second-order valence-corrected chi connectivity index (χ2v) is 4.16. The molecule has 0 radical (unpaired) electrons. The van der Waals surface area contributed by atoms with Crippen molar-refractivity contribution in [1.29, 1.82) is 0 Å². The van der Waals surface area contributed by atoms with Crippen LogP contribution in [-0.4, -0.2) is 15.6 Å². The summed E-state index contributed by atoms with van der Waals surface area (Å²) in [5.41, 5.74) is -4.52. The molecule has 25 heavy (non-hydrogen) atoms. The number of hydrogen-bond acceptors (Lipinski definition) is 1. The van der Waals surface area contributed by atoms with E-state index < -0.39 is 84.9 Å². The molecule has 0 amide bonds. The summed E-state index contributed by atoms with van der Waals surface area (Å²) in [5, 5.41) is 0. The molecule has 2 rings (SSSR count). The van der Waals surface area contributed by atoms with E-state index in [-0.39, 0.29) is 0 Å². The van der Waals surface area contributed by atoms with Crippen LogP contribution in [0.25, 0.3) is 11.1 Å². The van der Waals surface area contributed by atoms with E-state index in [1.54, 1.807) is 0 Å². The van der Waals surface area contributed by atoms with Gasteiger partial charge in [0, 0.05) is 0 Å². The van der Waals surface area contributed by atoms with Gasteiger partial charge in [-0.25, -0.2) is 43.9 Å².